The van der Waals surface area contributed by atoms with Gasteiger partial charge in [-0.3, -0.25) is 0 Å². The quantitative estimate of drug-likeness (QED) is 0.674. The Bertz CT molecular complexity index is 344. The van der Waals surface area contributed by atoms with Gasteiger partial charge in [-0.25, -0.2) is 0 Å². The molecule has 4 nitrogen and oxygen atoms in total. The van der Waals surface area contributed by atoms with Crippen LogP contribution in [0.5, 0.6) is 0 Å². The first-order valence-electron chi connectivity index (χ1n) is 7.39. The predicted molar refractivity (Wildman–Crippen MR) is 83.4 cm³/mol. The van der Waals surface area contributed by atoms with Crippen LogP contribution in [0.4, 0.5) is 0 Å². The molecule has 114 valence electrons. The highest BCUT2D eigenvalue weighted by Gasteiger charge is 2.47. The molecule has 1 unspecified atom stereocenters. The van der Waals surface area contributed by atoms with Gasteiger partial charge in [0, 0.05) is 19.8 Å². The van der Waals surface area contributed by atoms with Crippen LogP contribution in [0.25, 0.3) is 0 Å². The number of nitrogens with two attached hydrogens (primary N) is 1. The molecule has 0 aliphatic carbocycles. The maximum atomic E-state index is 6.35. The standard InChI is InChI=1S/C15H27NO3Si/c1-4-17-20(18-5-2,19-6-3)15(16)13-12-14-10-8-7-9-11-14/h7-11,15H,4-6,12-13,16H2,1-3H3. The molecule has 20 heavy (non-hydrogen) atoms. The fraction of sp³-hybridized carbons (Fsp3) is 0.600. The molecule has 0 heterocycles. The highest BCUT2D eigenvalue weighted by atomic mass is 28.4. The third kappa shape index (κ3) is 4.99. The molecule has 2 N–H and O–H groups in total. The summed E-state index contributed by atoms with van der Waals surface area (Å²) < 4.78 is 17.5. The van der Waals surface area contributed by atoms with Crippen LogP contribution in [-0.2, 0) is 19.7 Å². The first-order valence-corrected chi connectivity index (χ1v) is 9.20. The summed E-state index contributed by atoms with van der Waals surface area (Å²) in [6, 6.07) is 10.3. The minimum atomic E-state index is -2.77. The van der Waals surface area contributed by atoms with E-state index in [-0.39, 0.29) is 5.67 Å². The molecular weight excluding hydrogens is 270 g/mol. The first kappa shape index (κ1) is 17.3. The molecule has 1 rings (SSSR count). The Hall–Kier alpha value is -0.723. The minimum Gasteiger partial charge on any atom is -0.373 e. The van der Waals surface area contributed by atoms with Crippen molar-refractivity contribution in [3.63, 3.8) is 0 Å². The SMILES string of the molecule is CCO[Si](OCC)(OCC)C(N)CCc1ccccc1. The Morgan fingerprint density at radius 1 is 0.950 bits per heavy atom. The van der Waals surface area contributed by atoms with Gasteiger partial charge in [-0.1, -0.05) is 30.3 Å². The Morgan fingerprint density at radius 2 is 1.45 bits per heavy atom. The summed E-state index contributed by atoms with van der Waals surface area (Å²) in [4.78, 5) is 0. The van der Waals surface area contributed by atoms with Gasteiger partial charge >= 0.3 is 8.80 Å². The van der Waals surface area contributed by atoms with E-state index in [9.17, 15) is 0 Å². The molecule has 0 bridgehead atoms. The molecule has 0 saturated carbocycles. The van der Waals surface area contributed by atoms with Crippen molar-refractivity contribution in [3.8, 4) is 0 Å². The normalized spacial score (nSPS) is 13.4. The Labute approximate surface area is 123 Å². The number of hydrogen-bond donors (Lipinski definition) is 1. The lowest BCUT2D eigenvalue weighted by molar-refractivity contribution is 0.0613. The van der Waals surface area contributed by atoms with Gasteiger partial charge < -0.3 is 19.0 Å². The molecule has 0 aliphatic heterocycles. The third-order valence-corrected chi connectivity index (χ3v) is 6.35. The second-order valence-electron chi connectivity index (χ2n) is 4.53. The lowest BCUT2D eigenvalue weighted by Crippen LogP contribution is -2.60. The van der Waals surface area contributed by atoms with Gasteiger partial charge in [0.1, 0.15) is 0 Å². The van der Waals surface area contributed by atoms with E-state index in [4.69, 9.17) is 19.0 Å². The summed E-state index contributed by atoms with van der Waals surface area (Å²) in [6.45, 7) is 7.53. The van der Waals surface area contributed by atoms with Crippen LogP contribution >= 0.6 is 0 Å². The monoisotopic (exact) mass is 297 g/mol. The first-order chi connectivity index (χ1) is 9.68. The van der Waals surface area contributed by atoms with Crippen molar-refractivity contribution in [2.24, 2.45) is 5.73 Å². The molecule has 1 aromatic carbocycles. The predicted octanol–water partition coefficient (Wildman–Crippen LogP) is 2.53. The van der Waals surface area contributed by atoms with E-state index in [1.165, 1.54) is 5.56 Å². The van der Waals surface area contributed by atoms with Crippen molar-refractivity contribution in [2.45, 2.75) is 39.3 Å². The summed E-state index contributed by atoms with van der Waals surface area (Å²) >= 11 is 0. The van der Waals surface area contributed by atoms with Crippen LogP contribution in [0.3, 0.4) is 0 Å². The smallest absolute Gasteiger partial charge is 0.373 e. The lowest BCUT2D eigenvalue weighted by atomic mass is 10.1. The fourth-order valence-corrected chi connectivity index (χ4v) is 4.79. The zero-order valence-corrected chi connectivity index (χ0v) is 13.8. The van der Waals surface area contributed by atoms with Gasteiger partial charge in [-0.15, -0.1) is 0 Å². The summed E-state index contributed by atoms with van der Waals surface area (Å²) in [7, 11) is -2.77. The van der Waals surface area contributed by atoms with E-state index in [2.05, 4.69) is 12.1 Å². The molecule has 0 radical (unpaired) electrons. The zero-order chi connectivity index (χ0) is 14.8. The topological polar surface area (TPSA) is 53.7 Å². The van der Waals surface area contributed by atoms with Gasteiger partial charge in [0.2, 0.25) is 0 Å². The molecule has 0 aromatic heterocycles. The molecule has 0 spiro atoms. The van der Waals surface area contributed by atoms with Crippen LogP contribution in [0, 0.1) is 0 Å². The lowest BCUT2D eigenvalue weighted by Gasteiger charge is -2.33. The van der Waals surface area contributed by atoms with E-state index in [1.807, 2.05) is 39.0 Å². The molecule has 1 atom stereocenters. The molecule has 0 aliphatic rings. The number of hydrogen-bond acceptors (Lipinski definition) is 4. The maximum Gasteiger partial charge on any atom is 0.518 e. The second kappa shape index (κ2) is 9.26. The van der Waals surface area contributed by atoms with Crippen molar-refractivity contribution in [1.82, 2.24) is 0 Å². The Morgan fingerprint density at radius 3 is 1.90 bits per heavy atom. The molecule has 0 amide bonds. The van der Waals surface area contributed by atoms with Crippen molar-refractivity contribution >= 4 is 8.80 Å². The molecule has 1 aromatic rings. The molecule has 0 fully saturated rings. The molecule has 5 heteroatoms. The van der Waals surface area contributed by atoms with E-state index >= 15 is 0 Å². The molecular formula is C15H27NO3Si. The van der Waals surface area contributed by atoms with Crippen LogP contribution in [0.2, 0.25) is 0 Å². The highest BCUT2D eigenvalue weighted by Crippen LogP contribution is 2.18. The van der Waals surface area contributed by atoms with E-state index in [0.717, 1.165) is 12.8 Å². The van der Waals surface area contributed by atoms with Gasteiger partial charge in [0.25, 0.3) is 0 Å². The van der Waals surface area contributed by atoms with E-state index < -0.39 is 8.80 Å². The average molecular weight is 297 g/mol. The summed E-state index contributed by atoms with van der Waals surface area (Å²) in [6.07, 6.45) is 1.71. The average Bonchev–Trinajstić information content (AvgIpc) is 2.46. The largest absolute Gasteiger partial charge is 0.518 e. The highest BCUT2D eigenvalue weighted by molar-refractivity contribution is 6.62. The Balaban J connectivity index is 2.68. The summed E-state index contributed by atoms with van der Waals surface area (Å²) in [5.41, 5.74) is 7.43. The van der Waals surface area contributed by atoms with Gasteiger partial charge in [-0.05, 0) is 39.2 Å². The summed E-state index contributed by atoms with van der Waals surface area (Å²) in [5, 5.41) is 0. The van der Waals surface area contributed by atoms with Crippen molar-refractivity contribution in [2.75, 3.05) is 19.8 Å². The fourth-order valence-electron chi connectivity index (χ4n) is 2.19. The number of aryl methyl sites for hydroxylation is 1. The Kier molecular flexibility index (Phi) is 8.02. The zero-order valence-electron chi connectivity index (χ0n) is 12.8. The third-order valence-electron chi connectivity index (χ3n) is 3.08. The van der Waals surface area contributed by atoms with Crippen molar-refractivity contribution in [3.05, 3.63) is 35.9 Å². The van der Waals surface area contributed by atoms with Crippen molar-refractivity contribution in [1.29, 1.82) is 0 Å². The minimum absolute atomic E-state index is 0.192. The molecule has 0 saturated heterocycles. The van der Waals surface area contributed by atoms with Crippen LogP contribution in [0.1, 0.15) is 32.8 Å². The van der Waals surface area contributed by atoms with Gasteiger partial charge in [0.05, 0.1) is 5.67 Å². The van der Waals surface area contributed by atoms with Crippen LogP contribution in [0.15, 0.2) is 30.3 Å². The van der Waals surface area contributed by atoms with E-state index in [1.54, 1.807) is 0 Å². The second-order valence-corrected chi connectivity index (χ2v) is 7.35. The van der Waals surface area contributed by atoms with Crippen LogP contribution in [-0.4, -0.2) is 34.3 Å². The number of rotatable bonds is 10. The van der Waals surface area contributed by atoms with Crippen molar-refractivity contribution < 1.29 is 13.3 Å². The van der Waals surface area contributed by atoms with Gasteiger partial charge in [0.15, 0.2) is 0 Å². The number of benzene rings is 1. The maximum absolute atomic E-state index is 6.35. The van der Waals surface area contributed by atoms with E-state index in [0.29, 0.717) is 19.8 Å². The van der Waals surface area contributed by atoms with Gasteiger partial charge in [-0.2, -0.15) is 0 Å². The van der Waals surface area contributed by atoms with Crippen LogP contribution < -0.4 is 5.73 Å². The summed E-state index contributed by atoms with van der Waals surface area (Å²) in [5.74, 6) is 0.